The van der Waals surface area contributed by atoms with E-state index in [1.54, 1.807) is 4.68 Å². The van der Waals surface area contributed by atoms with Crippen molar-refractivity contribution < 1.29 is 14.0 Å². The van der Waals surface area contributed by atoms with Gasteiger partial charge in [-0.1, -0.05) is 25.9 Å². The molecular formula is C17H21N5O3. The highest BCUT2D eigenvalue weighted by Crippen LogP contribution is 2.21. The minimum atomic E-state index is -0.149. The van der Waals surface area contributed by atoms with Crippen LogP contribution in [0.5, 0.6) is 11.5 Å². The number of hydrogen-bond donors (Lipinski definition) is 0. The van der Waals surface area contributed by atoms with E-state index >= 15 is 0 Å². The molecule has 3 rings (SSSR count). The summed E-state index contributed by atoms with van der Waals surface area (Å²) in [5.74, 6) is 3.29. The van der Waals surface area contributed by atoms with Crippen LogP contribution in [0.2, 0.25) is 0 Å². The lowest BCUT2D eigenvalue weighted by molar-refractivity contribution is 0.241. The van der Waals surface area contributed by atoms with Crippen LogP contribution < -0.4 is 9.47 Å². The van der Waals surface area contributed by atoms with Gasteiger partial charge in [0.15, 0.2) is 18.3 Å². The molecule has 0 bridgehead atoms. The number of nitrogens with zero attached hydrogens (tertiary/aromatic N) is 5. The Kier molecular flexibility index (Phi) is 4.69. The molecule has 0 amide bonds. The molecular weight excluding hydrogens is 322 g/mol. The van der Waals surface area contributed by atoms with Gasteiger partial charge in [-0.3, -0.25) is 4.68 Å². The van der Waals surface area contributed by atoms with Crippen LogP contribution in [0.1, 0.15) is 38.3 Å². The average molecular weight is 343 g/mol. The predicted molar refractivity (Wildman–Crippen MR) is 89.1 cm³/mol. The van der Waals surface area contributed by atoms with E-state index in [4.69, 9.17) is 14.0 Å². The van der Waals surface area contributed by atoms with E-state index in [2.05, 4.69) is 20.2 Å². The van der Waals surface area contributed by atoms with Gasteiger partial charge in [-0.05, 0) is 24.3 Å². The summed E-state index contributed by atoms with van der Waals surface area (Å²) < 4.78 is 18.2. The van der Waals surface area contributed by atoms with Crippen molar-refractivity contribution >= 4 is 0 Å². The van der Waals surface area contributed by atoms with Crippen LogP contribution in [0, 0.1) is 0 Å². The molecule has 0 fully saturated rings. The molecule has 25 heavy (non-hydrogen) atoms. The maximum absolute atomic E-state index is 5.67. The molecule has 0 saturated heterocycles. The maximum atomic E-state index is 5.67. The van der Waals surface area contributed by atoms with Crippen LogP contribution in [-0.2, 0) is 25.7 Å². The zero-order valence-corrected chi connectivity index (χ0v) is 14.8. The van der Waals surface area contributed by atoms with Crippen LogP contribution in [0.25, 0.3) is 0 Å². The molecule has 0 radical (unpaired) electrons. The third-order valence-electron chi connectivity index (χ3n) is 3.50. The van der Waals surface area contributed by atoms with E-state index in [-0.39, 0.29) is 12.0 Å². The minimum Gasteiger partial charge on any atom is -0.486 e. The van der Waals surface area contributed by atoms with Gasteiger partial charge in [0.1, 0.15) is 24.4 Å². The largest absolute Gasteiger partial charge is 0.486 e. The molecule has 0 N–H and O–H groups in total. The highest BCUT2D eigenvalue weighted by molar-refractivity contribution is 5.31. The van der Waals surface area contributed by atoms with Gasteiger partial charge in [-0.2, -0.15) is 10.1 Å². The van der Waals surface area contributed by atoms with Gasteiger partial charge < -0.3 is 14.0 Å². The first kappa shape index (κ1) is 16.9. The minimum absolute atomic E-state index is 0.149. The molecule has 0 saturated carbocycles. The smallest absolute Gasteiger partial charge is 0.264 e. The monoisotopic (exact) mass is 343 g/mol. The first-order valence-electron chi connectivity index (χ1n) is 7.93. The van der Waals surface area contributed by atoms with E-state index in [1.165, 1.54) is 6.33 Å². The fraction of sp³-hybridized carbons (Fsp3) is 0.412. The Morgan fingerprint density at radius 3 is 2.20 bits per heavy atom. The van der Waals surface area contributed by atoms with E-state index in [9.17, 15) is 0 Å². The van der Waals surface area contributed by atoms with Gasteiger partial charge >= 0.3 is 0 Å². The summed E-state index contributed by atoms with van der Waals surface area (Å²) in [6, 6.07) is 7.32. The van der Waals surface area contributed by atoms with Crippen molar-refractivity contribution in [2.45, 2.75) is 39.4 Å². The molecule has 2 aromatic heterocycles. The van der Waals surface area contributed by atoms with E-state index in [0.717, 1.165) is 11.6 Å². The second kappa shape index (κ2) is 6.92. The Balaban J connectivity index is 1.52. The van der Waals surface area contributed by atoms with Crippen molar-refractivity contribution in [3.8, 4) is 11.5 Å². The van der Waals surface area contributed by atoms with Gasteiger partial charge in [-0.15, -0.1) is 0 Å². The molecule has 0 aliphatic carbocycles. The molecule has 3 aromatic rings. The zero-order chi connectivity index (χ0) is 17.9. The molecule has 1 aromatic carbocycles. The van der Waals surface area contributed by atoms with Crippen LogP contribution >= 0.6 is 0 Å². The van der Waals surface area contributed by atoms with Crippen molar-refractivity contribution in [1.82, 2.24) is 24.9 Å². The van der Waals surface area contributed by atoms with Gasteiger partial charge in [-0.25, -0.2) is 4.98 Å². The topological polar surface area (TPSA) is 88.1 Å². The zero-order valence-electron chi connectivity index (χ0n) is 14.8. The summed E-state index contributed by atoms with van der Waals surface area (Å²) in [5, 5.41) is 7.97. The Morgan fingerprint density at radius 1 is 1.04 bits per heavy atom. The van der Waals surface area contributed by atoms with Crippen LogP contribution in [0.4, 0.5) is 0 Å². The summed E-state index contributed by atoms with van der Waals surface area (Å²) in [6.45, 7) is 6.67. The SMILES string of the molecule is Cn1ncnc1COc1ccc(OCc2nc(C(C)(C)C)no2)cc1. The highest BCUT2D eigenvalue weighted by atomic mass is 16.5. The van der Waals surface area contributed by atoms with E-state index in [1.807, 2.05) is 52.1 Å². The quantitative estimate of drug-likeness (QED) is 0.680. The summed E-state index contributed by atoms with van der Waals surface area (Å²) >= 11 is 0. The third kappa shape index (κ3) is 4.34. The van der Waals surface area contributed by atoms with Crippen LogP contribution in [0.15, 0.2) is 35.1 Å². The number of rotatable bonds is 6. The number of aryl methyl sites for hydroxylation is 1. The predicted octanol–water partition coefficient (Wildman–Crippen LogP) is 2.65. The Hall–Kier alpha value is -2.90. The number of aromatic nitrogens is 5. The van der Waals surface area contributed by atoms with Gasteiger partial charge in [0.25, 0.3) is 5.89 Å². The molecule has 2 heterocycles. The number of ether oxygens (including phenoxy) is 2. The molecule has 132 valence electrons. The van der Waals surface area contributed by atoms with Crippen molar-refractivity contribution in [3.05, 3.63) is 48.1 Å². The average Bonchev–Trinajstić information content (AvgIpc) is 3.21. The van der Waals surface area contributed by atoms with Crippen molar-refractivity contribution in [2.24, 2.45) is 7.05 Å². The summed E-state index contributed by atoms with van der Waals surface area (Å²) in [7, 11) is 1.82. The van der Waals surface area contributed by atoms with Gasteiger partial charge in [0, 0.05) is 12.5 Å². The molecule has 0 aliphatic heterocycles. The first-order valence-corrected chi connectivity index (χ1v) is 7.93. The summed E-state index contributed by atoms with van der Waals surface area (Å²) in [4.78, 5) is 8.45. The number of benzene rings is 1. The number of hydrogen-bond acceptors (Lipinski definition) is 7. The fourth-order valence-electron chi connectivity index (χ4n) is 1.99. The van der Waals surface area contributed by atoms with Crippen molar-refractivity contribution in [1.29, 1.82) is 0 Å². The normalized spacial score (nSPS) is 11.5. The Labute approximate surface area is 145 Å². The molecule has 8 heteroatoms. The molecule has 0 atom stereocenters. The lowest BCUT2D eigenvalue weighted by Gasteiger charge is -2.10. The Bertz CT molecular complexity index is 817. The second-order valence-electron chi connectivity index (χ2n) is 6.61. The fourth-order valence-corrected chi connectivity index (χ4v) is 1.99. The van der Waals surface area contributed by atoms with Crippen LogP contribution in [-0.4, -0.2) is 24.9 Å². The molecule has 0 aliphatic rings. The van der Waals surface area contributed by atoms with Crippen molar-refractivity contribution in [3.63, 3.8) is 0 Å². The Morgan fingerprint density at radius 2 is 1.68 bits per heavy atom. The summed E-state index contributed by atoms with van der Waals surface area (Å²) in [6.07, 6.45) is 1.50. The maximum Gasteiger partial charge on any atom is 0.264 e. The highest BCUT2D eigenvalue weighted by Gasteiger charge is 2.21. The lowest BCUT2D eigenvalue weighted by atomic mass is 9.96. The van der Waals surface area contributed by atoms with E-state index < -0.39 is 0 Å². The van der Waals surface area contributed by atoms with Gasteiger partial charge in [0.05, 0.1) is 0 Å². The first-order chi connectivity index (χ1) is 11.9. The second-order valence-corrected chi connectivity index (χ2v) is 6.61. The summed E-state index contributed by atoms with van der Waals surface area (Å²) in [5.41, 5.74) is -0.149. The van der Waals surface area contributed by atoms with E-state index in [0.29, 0.717) is 24.1 Å². The van der Waals surface area contributed by atoms with Crippen LogP contribution in [0.3, 0.4) is 0 Å². The lowest BCUT2D eigenvalue weighted by Crippen LogP contribution is -2.13. The molecule has 0 unspecified atom stereocenters. The third-order valence-corrected chi connectivity index (χ3v) is 3.50. The van der Waals surface area contributed by atoms with Crippen molar-refractivity contribution in [2.75, 3.05) is 0 Å². The van der Waals surface area contributed by atoms with Gasteiger partial charge in [0.2, 0.25) is 0 Å². The molecule has 0 spiro atoms. The molecule has 8 nitrogen and oxygen atoms in total. The standard InChI is InChI=1S/C17H21N5O3/c1-17(2,3)16-20-15(25-21-16)10-24-13-7-5-12(6-8-13)23-9-14-18-11-19-22(14)4/h5-8,11H,9-10H2,1-4H3.